The zero-order chi connectivity index (χ0) is 22.5. The number of nitrogens with zero attached hydrogens (tertiary/aromatic N) is 2. The number of hydrogen-bond donors (Lipinski definition) is 2. The second kappa shape index (κ2) is 10.0. The number of benzene rings is 2. The molecule has 1 unspecified atom stereocenters. The molecule has 7 heteroatoms. The summed E-state index contributed by atoms with van der Waals surface area (Å²) >= 11 is 0. The van der Waals surface area contributed by atoms with Crippen molar-refractivity contribution in [3.8, 4) is 0 Å². The van der Waals surface area contributed by atoms with Crippen molar-refractivity contribution in [3.05, 3.63) is 65.0 Å². The van der Waals surface area contributed by atoms with E-state index in [9.17, 15) is 14.0 Å². The fraction of sp³-hybridized carbons (Fsp3) is 0.440. The molecule has 170 valence electrons. The van der Waals surface area contributed by atoms with Crippen LogP contribution < -0.4 is 15.5 Å². The third kappa shape index (κ3) is 5.58. The third-order valence-corrected chi connectivity index (χ3v) is 6.22. The van der Waals surface area contributed by atoms with Crippen LogP contribution in [0.25, 0.3) is 0 Å². The predicted molar refractivity (Wildman–Crippen MR) is 123 cm³/mol. The van der Waals surface area contributed by atoms with Crippen LogP contribution in [0, 0.1) is 12.7 Å². The maximum absolute atomic E-state index is 14.3. The van der Waals surface area contributed by atoms with Crippen molar-refractivity contribution in [2.24, 2.45) is 0 Å². The van der Waals surface area contributed by atoms with E-state index in [4.69, 9.17) is 0 Å². The van der Waals surface area contributed by atoms with Crippen molar-refractivity contribution in [2.45, 2.75) is 51.7 Å². The Bertz CT molecular complexity index is 963. The second-order valence-electron chi connectivity index (χ2n) is 8.80. The van der Waals surface area contributed by atoms with Gasteiger partial charge in [-0.3, -0.25) is 4.79 Å². The van der Waals surface area contributed by atoms with Gasteiger partial charge in [-0.1, -0.05) is 30.3 Å². The fourth-order valence-electron chi connectivity index (χ4n) is 4.45. The number of anilines is 1. The van der Waals surface area contributed by atoms with Crippen LogP contribution >= 0.6 is 0 Å². The van der Waals surface area contributed by atoms with E-state index in [1.54, 1.807) is 6.07 Å². The summed E-state index contributed by atoms with van der Waals surface area (Å²) in [5.41, 5.74) is 3.72. The molecule has 2 aromatic carbocycles. The van der Waals surface area contributed by atoms with E-state index in [0.29, 0.717) is 31.7 Å². The summed E-state index contributed by atoms with van der Waals surface area (Å²) < 4.78 is 14.3. The van der Waals surface area contributed by atoms with Gasteiger partial charge in [0.2, 0.25) is 5.91 Å². The van der Waals surface area contributed by atoms with Crippen molar-refractivity contribution in [1.82, 2.24) is 15.5 Å². The summed E-state index contributed by atoms with van der Waals surface area (Å²) in [7, 11) is 0. The second-order valence-corrected chi connectivity index (χ2v) is 8.80. The van der Waals surface area contributed by atoms with Crippen LogP contribution in [-0.4, -0.2) is 42.5 Å². The number of carbonyl (C=O) groups is 2. The summed E-state index contributed by atoms with van der Waals surface area (Å²) in [6, 6.07) is 12.9. The number of carbonyl (C=O) groups excluding carboxylic acids is 2. The molecule has 1 atom stereocenters. The summed E-state index contributed by atoms with van der Waals surface area (Å²) in [5.74, 6) is -0.00271. The van der Waals surface area contributed by atoms with Gasteiger partial charge in [0.1, 0.15) is 5.82 Å². The topological polar surface area (TPSA) is 64.7 Å². The SMILES string of the molecule is Cc1ccc(F)c(N2CCCC(NC(=O)NCc3ccc(CN4CCCC4=O)cc3)C2)c1. The number of likely N-dealkylation sites (tertiary alicyclic amines) is 1. The van der Waals surface area contributed by atoms with Gasteiger partial charge in [-0.2, -0.15) is 0 Å². The quantitative estimate of drug-likeness (QED) is 0.723. The Balaban J connectivity index is 1.24. The highest BCUT2D eigenvalue weighted by Crippen LogP contribution is 2.24. The van der Waals surface area contributed by atoms with Crippen molar-refractivity contribution < 1.29 is 14.0 Å². The first kappa shape index (κ1) is 22.1. The largest absolute Gasteiger partial charge is 0.367 e. The first-order valence-corrected chi connectivity index (χ1v) is 11.4. The van der Waals surface area contributed by atoms with E-state index >= 15 is 0 Å². The average molecular weight is 439 g/mol. The Morgan fingerprint density at radius 1 is 1.09 bits per heavy atom. The molecule has 32 heavy (non-hydrogen) atoms. The molecule has 3 amide bonds. The smallest absolute Gasteiger partial charge is 0.315 e. The van der Waals surface area contributed by atoms with Crippen molar-refractivity contribution in [1.29, 1.82) is 0 Å². The number of hydrogen-bond acceptors (Lipinski definition) is 3. The molecule has 2 aliphatic heterocycles. The highest BCUT2D eigenvalue weighted by atomic mass is 19.1. The minimum absolute atomic E-state index is 0.0240. The molecule has 2 aliphatic rings. The first-order valence-electron chi connectivity index (χ1n) is 11.4. The molecule has 0 bridgehead atoms. The number of halogens is 1. The van der Waals surface area contributed by atoms with E-state index in [2.05, 4.69) is 10.6 Å². The molecule has 2 saturated heterocycles. The van der Waals surface area contributed by atoms with Gasteiger partial charge < -0.3 is 20.4 Å². The monoisotopic (exact) mass is 438 g/mol. The maximum Gasteiger partial charge on any atom is 0.315 e. The molecule has 0 saturated carbocycles. The number of rotatable bonds is 6. The molecular weight excluding hydrogens is 407 g/mol. The molecular formula is C25H31FN4O2. The van der Waals surface area contributed by atoms with Gasteiger partial charge >= 0.3 is 6.03 Å². The van der Waals surface area contributed by atoms with E-state index in [1.165, 1.54) is 6.07 Å². The van der Waals surface area contributed by atoms with Gasteiger partial charge in [0.25, 0.3) is 0 Å². The minimum Gasteiger partial charge on any atom is -0.367 e. The van der Waals surface area contributed by atoms with E-state index in [0.717, 1.165) is 49.0 Å². The van der Waals surface area contributed by atoms with Crippen LogP contribution in [-0.2, 0) is 17.9 Å². The van der Waals surface area contributed by atoms with Crippen molar-refractivity contribution in [2.75, 3.05) is 24.5 Å². The van der Waals surface area contributed by atoms with Gasteiger partial charge in [0, 0.05) is 45.2 Å². The number of amides is 3. The van der Waals surface area contributed by atoms with Crippen molar-refractivity contribution in [3.63, 3.8) is 0 Å². The first-order chi connectivity index (χ1) is 15.5. The Kier molecular flexibility index (Phi) is 6.93. The van der Waals surface area contributed by atoms with E-state index in [-0.39, 0.29) is 23.8 Å². The fourth-order valence-corrected chi connectivity index (χ4v) is 4.45. The van der Waals surface area contributed by atoms with Crippen LogP contribution in [0.1, 0.15) is 42.4 Å². The van der Waals surface area contributed by atoms with Crippen LogP contribution in [0.5, 0.6) is 0 Å². The zero-order valence-electron chi connectivity index (χ0n) is 18.6. The van der Waals surface area contributed by atoms with E-state index < -0.39 is 0 Å². The molecule has 2 aromatic rings. The number of nitrogens with one attached hydrogen (secondary N) is 2. The van der Waals surface area contributed by atoms with Crippen molar-refractivity contribution >= 4 is 17.6 Å². The highest BCUT2D eigenvalue weighted by Gasteiger charge is 2.23. The Labute approximate surface area is 188 Å². The molecule has 0 radical (unpaired) electrons. The Morgan fingerprint density at radius 3 is 2.62 bits per heavy atom. The highest BCUT2D eigenvalue weighted by molar-refractivity contribution is 5.78. The normalized spacial score (nSPS) is 18.7. The predicted octanol–water partition coefficient (Wildman–Crippen LogP) is 3.72. The molecule has 2 N–H and O–H groups in total. The molecule has 4 rings (SSSR count). The van der Waals surface area contributed by atoms with Crippen LogP contribution in [0.3, 0.4) is 0 Å². The standard InChI is InChI=1S/C25H31FN4O2/c1-18-6-11-22(26)23(14-18)29-12-2-4-21(17-29)28-25(32)27-15-19-7-9-20(10-8-19)16-30-13-3-5-24(30)31/h6-11,14,21H,2-5,12-13,15-17H2,1H3,(H2,27,28,32). The van der Waals surface area contributed by atoms with Crippen LogP contribution in [0.4, 0.5) is 14.9 Å². The van der Waals surface area contributed by atoms with Gasteiger partial charge in [-0.05, 0) is 55.0 Å². The third-order valence-electron chi connectivity index (χ3n) is 6.22. The molecule has 2 heterocycles. The number of piperidine rings is 1. The van der Waals surface area contributed by atoms with Crippen LogP contribution in [0.15, 0.2) is 42.5 Å². The molecule has 0 spiro atoms. The summed E-state index contributed by atoms with van der Waals surface area (Å²) in [4.78, 5) is 28.1. The Hall–Kier alpha value is -3.09. The van der Waals surface area contributed by atoms with Gasteiger partial charge in [-0.25, -0.2) is 9.18 Å². The molecule has 6 nitrogen and oxygen atoms in total. The lowest BCUT2D eigenvalue weighted by Gasteiger charge is -2.35. The Morgan fingerprint density at radius 2 is 1.88 bits per heavy atom. The number of urea groups is 1. The molecule has 0 aromatic heterocycles. The van der Waals surface area contributed by atoms with Crippen LogP contribution in [0.2, 0.25) is 0 Å². The summed E-state index contributed by atoms with van der Waals surface area (Å²) in [5, 5.41) is 5.94. The lowest BCUT2D eigenvalue weighted by Crippen LogP contribution is -2.50. The summed E-state index contributed by atoms with van der Waals surface area (Å²) in [6.45, 7) is 5.24. The van der Waals surface area contributed by atoms with Gasteiger partial charge in [0.05, 0.1) is 5.69 Å². The molecule has 2 fully saturated rings. The zero-order valence-corrected chi connectivity index (χ0v) is 18.6. The van der Waals surface area contributed by atoms with E-state index in [1.807, 2.05) is 47.1 Å². The average Bonchev–Trinajstić information content (AvgIpc) is 3.19. The maximum atomic E-state index is 14.3. The lowest BCUT2D eigenvalue weighted by molar-refractivity contribution is -0.128. The minimum atomic E-state index is -0.224. The number of aryl methyl sites for hydroxylation is 1. The summed E-state index contributed by atoms with van der Waals surface area (Å²) in [6.07, 6.45) is 3.37. The molecule has 0 aliphatic carbocycles. The van der Waals surface area contributed by atoms with Gasteiger partial charge in [0.15, 0.2) is 0 Å². The van der Waals surface area contributed by atoms with Gasteiger partial charge in [-0.15, -0.1) is 0 Å². The lowest BCUT2D eigenvalue weighted by atomic mass is 10.0.